The van der Waals surface area contributed by atoms with Crippen LogP contribution in [0.4, 0.5) is 0 Å². The van der Waals surface area contributed by atoms with Gasteiger partial charge in [0, 0.05) is 6.04 Å². The molecular weight excluding hydrogens is 224 g/mol. The number of nitrogens with two attached hydrogens (primary N) is 1. The molecule has 102 valence electrons. The maximum absolute atomic E-state index is 12.1. The summed E-state index contributed by atoms with van der Waals surface area (Å²) >= 11 is 0. The van der Waals surface area contributed by atoms with Crippen LogP contribution in [0, 0.1) is 23.7 Å². The second-order valence-electron chi connectivity index (χ2n) is 6.86. The summed E-state index contributed by atoms with van der Waals surface area (Å²) in [4.78, 5) is 12.1. The highest BCUT2D eigenvalue weighted by Gasteiger charge is 2.48. The molecule has 1 amide bonds. The van der Waals surface area contributed by atoms with Crippen molar-refractivity contribution in [1.82, 2.24) is 5.32 Å². The van der Waals surface area contributed by atoms with E-state index in [-0.39, 0.29) is 11.9 Å². The van der Waals surface area contributed by atoms with Gasteiger partial charge in [-0.25, -0.2) is 0 Å². The molecule has 4 aliphatic carbocycles. The first-order chi connectivity index (χ1) is 8.67. The normalized spacial score (nSPS) is 42.9. The quantitative estimate of drug-likeness (QED) is 0.802. The predicted molar refractivity (Wildman–Crippen MR) is 71.9 cm³/mol. The van der Waals surface area contributed by atoms with Crippen molar-refractivity contribution in [3.8, 4) is 0 Å². The zero-order chi connectivity index (χ0) is 12.7. The van der Waals surface area contributed by atoms with Gasteiger partial charge in [0.2, 0.25) is 5.91 Å². The van der Waals surface area contributed by atoms with Gasteiger partial charge in [-0.2, -0.15) is 0 Å². The topological polar surface area (TPSA) is 55.1 Å². The van der Waals surface area contributed by atoms with Crippen LogP contribution in [-0.4, -0.2) is 18.0 Å². The first-order valence-electron chi connectivity index (χ1n) is 7.73. The summed E-state index contributed by atoms with van der Waals surface area (Å²) in [5, 5.41) is 3.28. The molecule has 0 aromatic rings. The number of hydrogen-bond acceptors (Lipinski definition) is 2. The highest BCUT2D eigenvalue weighted by atomic mass is 16.2. The van der Waals surface area contributed by atoms with E-state index < -0.39 is 0 Å². The molecule has 4 aliphatic rings. The van der Waals surface area contributed by atoms with E-state index in [1.54, 1.807) is 0 Å². The van der Waals surface area contributed by atoms with E-state index in [1.165, 1.54) is 32.1 Å². The molecule has 0 aromatic heterocycles. The van der Waals surface area contributed by atoms with Crippen LogP contribution in [0.3, 0.4) is 0 Å². The van der Waals surface area contributed by atoms with Gasteiger partial charge in [-0.15, -0.1) is 0 Å². The summed E-state index contributed by atoms with van der Waals surface area (Å²) in [7, 11) is 0. The summed E-state index contributed by atoms with van der Waals surface area (Å²) in [5.74, 6) is 3.52. The highest BCUT2D eigenvalue weighted by molar-refractivity contribution is 5.81. The Balaban J connectivity index is 1.61. The smallest absolute Gasteiger partial charge is 0.237 e. The molecule has 3 nitrogen and oxygen atoms in total. The van der Waals surface area contributed by atoms with Crippen LogP contribution in [0.1, 0.15) is 51.9 Å². The fraction of sp³-hybridized carbons (Fsp3) is 0.933. The standard InChI is InChI=1S/C15H26N2O/c1-2-3-13(16)15(18)17-14-11-5-9-4-10(7-11)8-12(14)6-9/h9-14H,2-8,16H2,1H3,(H,17,18). The summed E-state index contributed by atoms with van der Waals surface area (Å²) in [6.45, 7) is 2.08. The molecule has 1 unspecified atom stereocenters. The Morgan fingerprint density at radius 2 is 1.72 bits per heavy atom. The van der Waals surface area contributed by atoms with Crippen molar-refractivity contribution in [2.75, 3.05) is 0 Å². The molecular formula is C15H26N2O. The largest absolute Gasteiger partial charge is 0.351 e. The van der Waals surface area contributed by atoms with Crippen molar-refractivity contribution in [2.24, 2.45) is 29.4 Å². The van der Waals surface area contributed by atoms with Crippen LogP contribution >= 0.6 is 0 Å². The summed E-state index contributed by atoms with van der Waals surface area (Å²) in [6, 6.07) is 0.139. The second kappa shape index (κ2) is 4.84. The van der Waals surface area contributed by atoms with E-state index in [4.69, 9.17) is 5.73 Å². The van der Waals surface area contributed by atoms with Crippen LogP contribution in [-0.2, 0) is 4.79 Å². The number of carbonyl (C=O) groups is 1. The molecule has 3 N–H and O–H groups in total. The fourth-order valence-electron chi connectivity index (χ4n) is 4.87. The first kappa shape index (κ1) is 12.5. The van der Waals surface area contributed by atoms with Gasteiger partial charge in [0.1, 0.15) is 0 Å². The minimum atomic E-state index is -0.299. The molecule has 0 heterocycles. The van der Waals surface area contributed by atoms with Gasteiger partial charge >= 0.3 is 0 Å². The molecule has 1 atom stereocenters. The van der Waals surface area contributed by atoms with Gasteiger partial charge in [0.25, 0.3) is 0 Å². The SMILES string of the molecule is CCCC(N)C(=O)NC1C2CC3CC(C2)CC1C3. The molecule has 4 rings (SSSR count). The molecule has 4 bridgehead atoms. The highest BCUT2D eigenvalue weighted by Crippen LogP contribution is 2.53. The van der Waals surface area contributed by atoms with Gasteiger partial charge < -0.3 is 11.1 Å². The van der Waals surface area contributed by atoms with Crippen molar-refractivity contribution in [3.63, 3.8) is 0 Å². The summed E-state index contributed by atoms with van der Waals surface area (Å²) < 4.78 is 0. The van der Waals surface area contributed by atoms with Crippen molar-refractivity contribution in [1.29, 1.82) is 0 Å². The van der Waals surface area contributed by atoms with Gasteiger partial charge in [-0.3, -0.25) is 4.79 Å². The molecule has 0 radical (unpaired) electrons. The number of nitrogens with one attached hydrogen (secondary N) is 1. The average Bonchev–Trinajstić information content (AvgIpc) is 2.33. The Hall–Kier alpha value is -0.570. The first-order valence-corrected chi connectivity index (χ1v) is 7.73. The molecule has 0 aliphatic heterocycles. The van der Waals surface area contributed by atoms with Crippen LogP contribution in [0.5, 0.6) is 0 Å². The number of rotatable bonds is 4. The Bertz CT molecular complexity index is 300. The van der Waals surface area contributed by atoms with Crippen molar-refractivity contribution in [2.45, 2.75) is 64.0 Å². The maximum atomic E-state index is 12.1. The lowest BCUT2D eigenvalue weighted by atomic mass is 9.54. The molecule has 18 heavy (non-hydrogen) atoms. The average molecular weight is 250 g/mol. The Kier molecular flexibility index (Phi) is 3.35. The van der Waals surface area contributed by atoms with Crippen molar-refractivity contribution < 1.29 is 4.79 Å². The summed E-state index contributed by atoms with van der Waals surface area (Å²) in [6.07, 6.45) is 8.64. The number of hydrogen-bond donors (Lipinski definition) is 2. The third kappa shape index (κ3) is 2.18. The van der Waals surface area contributed by atoms with E-state index in [1.807, 2.05) is 0 Å². The monoisotopic (exact) mass is 250 g/mol. The van der Waals surface area contributed by atoms with Gasteiger partial charge in [-0.05, 0) is 62.2 Å². The van der Waals surface area contributed by atoms with Gasteiger partial charge in [-0.1, -0.05) is 13.3 Å². The van der Waals surface area contributed by atoms with Crippen LogP contribution in [0.25, 0.3) is 0 Å². The molecule has 0 aromatic carbocycles. The van der Waals surface area contributed by atoms with Gasteiger partial charge in [0.05, 0.1) is 6.04 Å². The number of carbonyl (C=O) groups excluding carboxylic acids is 1. The predicted octanol–water partition coefficient (Wildman–Crippen LogP) is 2.05. The lowest BCUT2D eigenvalue weighted by Gasteiger charge is -2.54. The Morgan fingerprint density at radius 1 is 1.17 bits per heavy atom. The minimum Gasteiger partial charge on any atom is -0.351 e. The lowest BCUT2D eigenvalue weighted by Crippen LogP contribution is -2.58. The maximum Gasteiger partial charge on any atom is 0.237 e. The van der Waals surface area contributed by atoms with E-state index in [0.29, 0.717) is 6.04 Å². The molecule has 4 fully saturated rings. The van der Waals surface area contributed by atoms with E-state index in [0.717, 1.165) is 36.5 Å². The minimum absolute atomic E-state index is 0.0920. The zero-order valence-electron chi connectivity index (χ0n) is 11.4. The van der Waals surface area contributed by atoms with Crippen molar-refractivity contribution >= 4 is 5.91 Å². The van der Waals surface area contributed by atoms with Crippen molar-refractivity contribution in [3.05, 3.63) is 0 Å². The van der Waals surface area contributed by atoms with Gasteiger partial charge in [0.15, 0.2) is 0 Å². The van der Waals surface area contributed by atoms with Crippen LogP contribution in [0.2, 0.25) is 0 Å². The fourth-order valence-corrected chi connectivity index (χ4v) is 4.87. The van der Waals surface area contributed by atoms with E-state index in [9.17, 15) is 4.79 Å². The molecule has 3 heteroatoms. The third-order valence-electron chi connectivity index (χ3n) is 5.47. The second-order valence-corrected chi connectivity index (χ2v) is 6.86. The van der Waals surface area contributed by atoms with Crippen LogP contribution < -0.4 is 11.1 Å². The summed E-state index contributed by atoms with van der Waals surface area (Å²) in [5.41, 5.74) is 5.92. The zero-order valence-corrected chi connectivity index (χ0v) is 11.4. The Morgan fingerprint density at radius 3 is 2.22 bits per heavy atom. The molecule has 0 spiro atoms. The van der Waals surface area contributed by atoms with Crippen LogP contribution in [0.15, 0.2) is 0 Å². The van der Waals surface area contributed by atoms with E-state index in [2.05, 4.69) is 12.2 Å². The number of amides is 1. The third-order valence-corrected chi connectivity index (χ3v) is 5.47. The molecule has 0 saturated heterocycles. The molecule has 4 saturated carbocycles. The Labute approximate surface area is 110 Å². The van der Waals surface area contributed by atoms with E-state index >= 15 is 0 Å². The lowest BCUT2D eigenvalue weighted by molar-refractivity contribution is -0.126.